The van der Waals surface area contributed by atoms with Crippen LogP contribution < -0.4 is 15.1 Å². The fraction of sp³-hybridized carbons (Fsp3) is 0.708. The maximum atomic E-state index is 9.38. The molecule has 29 heavy (non-hydrogen) atoms. The van der Waals surface area contributed by atoms with Gasteiger partial charge in [0.1, 0.15) is 0 Å². The Balaban J connectivity index is 1.41. The number of likely N-dealkylation sites (tertiary alicyclic amines) is 1. The van der Waals surface area contributed by atoms with Crippen LogP contribution in [0.4, 0.5) is 11.4 Å². The van der Waals surface area contributed by atoms with Crippen LogP contribution in [-0.2, 0) is 0 Å². The topological polar surface area (TPSA) is 45.5 Å². The summed E-state index contributed by atoms with van der Waals surface area (Å²) in [6, 6.07) is 9.93. The summed E-state index contributed by atoms with van der Waals surface area (Å²) in [4.78, 5) is 7.57. The Bertz CT molecular complexity index is 697. The van der Waals surface area contributed by atoms with Gasteiger partial charge in [0, 0.05) is 31.7 Å². The molecule has 4 rings (SSSR count). The molecule has 1 saturated heterocycles. The molecular weight excluding hydrogens is 358 g/mol. The summed E-state index contributed by atoms with van der Waals surface area (Å²) < 4.78 is 0. The fourth-order valence-electron chi connectivity index (χ4n) is 6.02. The van der Waals surface area contributed by atoms with Crippen molar-refractivity contribution in [2.24, 2.45) is 5.92 Å². The van der Waals surface area contributed by atoms with Gasteiger partial charge in [0.05, 0.1) is 11.4 Å². The Morgan fingerprint density at radius 3 is 2.28 bits per heavy atom. The third-order valence-electron chi connectivity index (χ3n) is 7.48. The van der Waals surface area contributed by atoms with Crippen molar-refractivity contribution in [1.29, 1.82) is 5.26 Å². The fourth-order valence-corrected chi connectivity index (χ4v) is 6.02. The Morgan fingerprint density at radius 2 is 1.66 bits per heavy atom. The Morgan fingerprint density at radius 1 is 0.966 bits per heavy atom. The van der Waals surface area contributed by atoms with Gasteiger partial charge in [0.2, 0.25) is 0 Å². The van der Waals surface area contributed by atoms with Gasteiger partial charge in [0.25, 0.3) is 0 Å². The minimum absolute atomic E-state index is 0.0524. The van der Waals surface area contributed by atoms with Gasteiger partial charge in [-0.2, -0.15) is 5.26 Å². The van der Waals surface area contributed by atoms with E-state index in [0.717, 1.165) is 18.5 Å². The maximum absolute atomic E-state index is 9.38. The van der Waals surface area contributed by atoms with Crippen molar-refractivity contribution in [3.8, 4) is 6.19 Å². The first-order chi connectivity index (χ1) is 14.3. The average Bonchev–Trinajstić information content (AvgIpc) is 3.08. The monoisotopic (exact) mass is 395 g/mol. The molecule has 2 aliphatic heterocycles. The van der Waals surface area contributed by atoms with Crippen molar-refractivity contribution in [3.05, 3.63) is 24.3 Å². The van der Waals surface area contributed by atoms with Gasteiger partial charge in [-0.15, -0.1) is 0 Å². The van der Waals surface area contributed by atoms with Crippen molar-refractivity contribution in [1.82, 2.24) is 10.2 Å². The number of anilines is 2. The summed E-state index contributed by atoms with van der Waals surface area (Å²) in [6.45, 7) is 7.77. The Labute approximate surface area is 176 Å². The van der Waals surface area contributed by atoms with E-state index in [-0.39, 0.29) is 6.29 Å². The second kappa shape index (κ2) is 9.26. The summed E-state index contributed by atoms with van der Waals surface area (Å²) >= 11 is 0. The molecule has 0 spiro atoms. The van der Waals surface area contributed by atoms with E-state index in [0.29, 0.717) is 6.04 Å². The quantitative estimate of drug-likeness (QED) is 0.567. The van der Waals surface area contributed by atoms with Crippen LogP contribution in [0.5, 0.6) is 0 Å². The van der Waals surface area contributed by atoms with Crippen LogP contribution in [0.25, 0.3) is 0 Å². The van der Waals surface area contributed by atoms with Gasteiger partial charge < -0.3 is 14.7 Å². The van der Waals surface area contributed by atoms with Gasteiger partial charge >= 0.3 is 0 Å². The number of nitrogens with one attached hydrogen (secondary N) is 1. The lowest BCUT2D eigenvalue weighted by atomic mass is 9.82. The summed E-state index contributed by atoms with van der Waals surface area (Å²) in [6.07, 6.45) is 12.9. The van der Waals surface area contributed by atoms with E-state index in [4.69, 9.17) is 0 Å². The highest BCUT2D eigenvalue weighted by molar-refractivity contribution is 5.78. The molecule has 2 heterocycles. The van der Waals surface area contributed by atoms with E-state index in [2.05, 4.69) is 64.3 Å². The number of fused-ring (bicyclic) bond motifs is 1. The van der Waals surface area contributed by atoms with Crippen LogP contribution in [0, 0.1) is 17.4 Å². The molecule has 0 aromatic heterocycles. The van der Waals surface area contributed by atoms with Gasteiger partial charge in [-0.1, -0.05) is 31.9 Å². The highest BCUT2D eigenvalue weighted by atomic mass is 15.5. The van der Waals surface area contributed by atoms with E-state index in [1.807, 2.05) is 0 Å². The highest BCUT2D eigenvalue weighted by Gasteiger charge is 2.40. The molecule has 3 aliphatic rings. The number of nitrogens with zero attached hydrogens (tertiary/aromatic N) is 4. The molecule has 1 atom stereocenters. The lowest BCUT2D eigenvalue weighted by Crippen LogP contribution is -2.58. The molecule has 1 N–H and O–H groups in total. The molecule has 0 bridgehead atoms. The maximum Gasteiger partial charge on any atom is 0.187 e. The largest absolute Gasteiger partial charge is 0.332 e. The molecule has 5 heteroatoms. The van der Waals surface area contributed by atoms with Gasteiger partial charge in [0.15, 0.2) is 12.5 Å². The van der Waals surface area contributed by atoms with Crippen molar-refractivity contribution in [2.75, 3.05) is 29.4 Å². The number of benzene rings is 1. The summed E-state index contributed by atoms with van der Waals surface area (Å²) in [5.41, 5.74) is 2.53. The van der Waals surface area contributed by atoms with Crippen LogP contribution in [0.15, 0.2) is 24.3 Å². The molecular formula is C24H37N5. The Hall–Kier alpha value is -1.93. The summed E-state index contributed by atoms with van der Waals surface area (Å²) in [5.74, 6) is 0.979. The highest BCUT2D eigenvalue weighted by Crippen LogP contribution is 2.42. The van der Waals surface area contributed by atoms with Gasteiger partial charge in [-0.3, -0.25) is 5.32 Å². The number of piperidine rings is 1. The van der Waals surface area contributed by atoms with E-state index in [9.17, 15) is 5.26 Å². The van der Waals surface area contributed by atoms with Gasteiger partial charge in [-0.25, -0.2) is 0 Å². The number of hydrogen-bond donors (Lipinski definition) is 1. The zero-order valence-corrected chi connectivity index (χ0v) is 18.2. The molecule has 1 saturated carbocycles. The molecule has 5 nitrogen and oxygen atoms in total. The van der Waals surface area contributed by atoms with E-state index >= 15 is 0 Å². The lowest BCUT2D eigenvalue weighted by Gasteiger charge is -2.44. The SMILES string of the molecule is CCCC1CCC(N2CCC(N3c4ccccc4N(CC)C3NC#N)CC2)CC1. The predicted octanol–water partition coefficient (Wildman–Crippen LogP) is 4.51. The van der Waals surface area contributed by atoms with E-state index < -0.39 is 0 Å². The van der Waals surface area contributed by atoms with Crippen LogP contribution in [-0.4, -0.2) is 42.9 Å². The van der Waals surface area contributed by atoms with Crippen LogP contribution in [0.2, 0.25) is 0 Å². The molecule has 2 fully saturated rings. The zero-order valence-electron chi connectivity index (χ0n) is 18.2. The second-order valence-electron chi connectivity index (χ2n) is 9.04. The van der Waals surface area contributed by atoms with Crippen LogP contribution in [0.1, 0.15) is 65.2 Å². The molecule has 0 radical (unpaired) electrons. The van der Waals surface area contributed by atoms with Crippen molar-refractivity contribution in [2.45, 2.75) is 83.6 Å². The standard InChI is InChI=1S/C24H37N5/c1-3-7-19-10-12-20(13-11-19)27-16-14-21(15-17-27)29-23-9-6-5-8-22(23)28(4-2)24(29)26-18-25/h5-6,8-9,19-21,24,26H,3-4,7,10-17H2,1-2H3. The number of nitriles is 1. The summed E-state index contributed by atoms with van der Waals surface area (Å²) in [5, 5.41) is 12.5. The number of rotatable bonds is 6. The average molecular weight is 396 g/mol. The van der Waals surface area contributed by atoms with E-state index in [1.54, 1.807) is 0 Å². The van der Waals surface area contributed by atoms with E-state index in [1.165, 1.54) is 75.8 Å². The van der Waals surface area contributed by atoms with Crippen molar-refractivity contribution < 1.29 is 0 Å². The first-order valence-corrected chi connectivity index (χ1v) is 11.8. The third-order valence-corrected chi connectivity index (χ3v) is 7.48. The molecule has 1 aromatic rings. The minimum Gasteiger partial charge on any atom is -0.332 e. The van der Waals surface area contributed by atoms with Crippen molar-refractivity contribution >= 4 is 11.4 Å². The minimum atomic E-state index is -0.0524. The van der Waals surface area contributed by atoms with Crippen LogP contribution >= 0.6 is 0 Å². The zero-order chi connectivity index (χ0) is 20.2. The molecule has 1 unspecified atom stereocenters. The summed E-state index contributed by atoms with van der Waals surface area (Å²) in [7, 11) is 0. The molecule has 0 amide bonds. The smallest absolute Gasteiger partial charge is 0.187 e. The first-order valence-electron chi connectivity index (χ1n) is 11.8. The Kier molecular flexibility index (Phi) is 6.50. The molecule has 1 aliphatic carbocycles. The molecule has 158 valence electrons. The lowest BCUT2D eigenvalue weighted by molar-refractivity contribution is 0.104. The molecule has 1 aromatic carbocycles. The number of para-hydroxylation sites is 2. The van der Waals surface area contributed by atoms with Crippen molar-refractivity contribution in [3.63, 3.8) is 0 Å². The predicted molar refractivity (Wildman–Crippen MR) is 120 cm³/mol. The van der Waals surface area contributed by atoms with Gasteiger partial charge in [-0.05, 0) is 63.5 Å². The van der Waals surface area contributed by atoms with Crippen LogP contribution in [0.3, 0.4) is 0 Å². The second-order valence-corrected chi connectivity index (χ2v) is 9.04. The first kappa shape index (κ1) is 20.3. The number of hydrogen-bond acceptors (Lipinski definition) is 5. The third kappa shape index (κ3) is 4.05. The normalized spacial score (nSPS) is 28.2.